The van der Waals surface area contributed by atoms with Crippen LogP contribution in [0.15, 0.2) is 46.8 Å². The lowest BCUT2D eigenvalue weighted by molar-refractivity contribution is -0.136. The van der Waals surface area contributed by atoms with E-state index < -0.39 is 0 Å². The van der Waals surface area contributed by atoms with Gasteiger partial charge in [-0.05, 0) is 29.7 Å². The molecule has 0 spiro atoms. The molecule has 4 heterocycles. The smallest absolute Gasteiger partial charge is 0.266 e. The number of aromatic nitrogens is 1. The van der Waals surface area contributed by atoms with Gasteiger partial charge in [-0.25, -0.2) is 0 Å². The molecule has 0 atom stereocenters. The lowest BCUT2D eigenvalue weighted by atomic mass is 10.2. The molecule has 0 radical (unpaired) electrons. The molecule has 0 N–H and O–H groups in total. The van der Waals surface area contributed by atoms with Crippen LogP contribution in [0.25, 0.3) is 6.08 Å². The number of hydrogen-bond donors (Lipinski definition) is 0. The maximum atomic E-state index is 12.8. The summed E-state index contributed by atoms with van der Waals surface area (Å²) in [6.45, 7) is 3.94. The Balaban J connectivity index is 1.26. The second-order valence-electron chi connectivity index (χ2n) is 7.08. The summed E-state index contributed by atoms with van der Waals surface area (Å²) in [7, 11) is 0. The molecule has 2 aromatic heterocycles. The van der Waals surface area contributed by atoms with Gasteiger partial charge in [0.05, 0.1) is 4.91 Å². The minimum atomic E-state index is -0.180. The molecule has 2 aliphatic rings. The Morgan fingerprint density at radius 3 is 2.70 bits per heavy atom. The number of rotatable bonds is 6. The molecule has 0 bridgehead atoms. The first kappa shape index (κ1) is 21.2. The zero-order valence-electron chi connectivity index (χ0n) is 16.4. The number of piperazine rings is 1. The summed E-state index contributed by atoms with van der Waals surface area (Å²) in [6, 6.07) is 9.85. The van der Waals surface area contributed by atoms with Gasteiger partial charge in [0, 0.05) is 55.9 Å². The molecule has 2 amide bonds. The van der Waals surface area contributed by atoms with Crippen LogP contribution in [0.2, 0.25) is 0 Å². The number of thiophene rings is 1. The van der Waals surface area contributed by atoms with Gasteiger partial charge in [0.15, 0.2) is 0 Å². The van der Waals surface area contributed by atoms with Crippen molar-refractivity contribution in [1.82, 2.24) is 19.7 Å². The highest BCUT2D eigenvalue weighted by Gasteiger charge is 2.35. The molecule has 0 aliphatic carbocycles. The Morgan fingerprint density at radius 2 is 2.00 bits per heavy atom. The molecule has 9 heteroatoms. The van der Waals surface area contributed by atoms with Crippen molar-refractivity contribution in [3.05, 3.63) is 57.4 Å². The fraction of sp³-hybridized carbons (Fsp3) is 0.333. The number of amides is 2. The van der Waals surface area contributed by atoms with Crippen molar-refractivity contribution in [2.45, 2.75) is 6.42 Å². The Morgan fingerprint density at radius 1 is 1.17 bits per heavy atom. The van der Waals surface area contributed by atoms with Gasteiger partial charge >= 0.3 is 0 Å². The average molecular weight is 459 g/mol. The van der Waals surface area contributed by atoms with E-state index in [2.05, 4.69) is 9.88 Å². The van der Waals surface area contributed by atoms with Crippen molar-refractivity contribution in [3.8, 4) is 0 Å². The maximum Gasteiger partial charge on any atom is 0.266 e. The second-order valence-corrected chi connectivity index (χ2v) is 9.73. The van der Waals surface area contributed by atoms with Gasteiger partial charge in [0.1, 0.15) is 10.9 Å². The topological polar surface area (TPSA) is 56.8 Å². The molecule has 0 unspecified atom stereocenters. The third kappa shape index (κ3) is 5.15. The van der Waals surface area contributed by atoms with Gasteiger partial charge in [0.25, 0.3) is 5.91 Å². The van der Waals surface area contributed by atoms with E-state index in [1.807, 2.05) is 52.9 Å². The van der Waals surface area contributed by atoms with Crippen molar-refractivity contribution in [1.29, 1.82) is 0 Å². The summed E-state index contributed by atoms with van der Waals surface area (Å²) in [4.78, 5) is 37.0. The Kier molecular flexibility index (Phi) is 6.93. The van der Waals surface area contributed by atoms with Crippen LogP contribution in [0.5, 0.6) is 0 Å². The van der Waals surface area contributed by atoms with Crippen molar-refractivity contribution >= 4 is 57.5 Å². The summed E-state index contributed by atoms with van der Waals surface area (Å²) in [6.07, 6.45) is 4.56. The van der Waals surface area contributed by atoms with E-state index in [9.17, 15) is 9.59 Å². The number of pyridine rings is 1. The van der Waals surface area contributed by atoms with Crippen LogP contribution in [0.3, 0.4) is 0 Å². The van der Waals surface area contributed by atoms with Crippen molar-refractivity contribution in [2.75, 3.05) is 39.3 Å². The number of thiocarbonyl (C=S) groups is 1. The number of nitrogens with zero attached hydrogens (tertiary/aromatic N) is 4. The minimum Gasteiger partial charge on any atom is -0.339 e. The highest BCUT2D eigenvalue weighted by Crippen LogP contribution is 2.33. The first-order valence-electron chi connectivity index (χ1n) is 9.79. The van der Waals surface area contributed by atoms with Crippen LogP contribution in [-0.4, -0.2) is 75.1 Å². The van der Waals surface area contributed by atoms with E-state index in [0.717, 1.165) is 36.6 Å². The number of thioether (sulfide) groups is 1. The number of hydrogen-bond acceptors (Lipinski definition) is 7. The summed E-state index contributed by atoms with van der Waals surface area (Å²) in [5.41, 5.74) is 1.08. The first-order chi connectivity index (χ1) is 14.6. The quantitative estimate of drug-likeness (QED) is 0.490. The van der Waals surface area contributed by atoms with E-state index in [4.69, 9.17) is 12.2 Å². The first-order valence-corrected chi connectivity index (χ1v) is 11.9. The molecule has 6 nitrogen and oxygen atoms in total. The van der Waals surface area contributed by atoms with Gasteiger partial charge in [-0.3, -0.25) is 24.4 Å². The minimum absolute atomic E-state index is 0.0143. The highest BCUT2D eigenvalue weighted by atomic mass is 32.2. The zero-order chi connectivity index (χ0) is 20.9. The standard InChI is InChI=1S/C21H22N4O2S3/c26-19(15-25-20(27)18(30-21(25)28)14-17-5-3-13-29-17)24-11-9-23(10-12-24)8-6-16-4-1-2-7-22-16/h1-5,7,13-14H,6,8-12,15H2/b18-14-. The molecular weight excluding hydrogens is 436 g/mol. The zero-order valence-corrected chi connectivity index (χ0v) is 18.8. The maximum absolute atomic E-state index is 12.8. The normalized spacial score (nSPS) is 19.1. The number of carbonyl (C=O) groups excluding carboxylic acids is 2. The summed E-state index contributed by atoms with van der Waals surface area (Å²) < 4.78 is 0.449. The molecule has 0 saturated carbocycles. The fourth-order valence-electron chi connectivity index (χ4n) is 3.41. The van der Waals surface area contributed by atoms with Gasteiger partial charge in [-0.2, -0.15) is 0 Å². The van der Waals surface area contributed by atoms with Crippen molar-refractivity contribution in [2.24, 2.45) is 0 Å². The second kappa shape index (κ2) is 9.82. The monoisotopic (exact) mass is 458 g/mol. The third-order valence-electron chi connectivity index (χ3n) is 5.12. The molecule has 4 rings (SSSR count). The van der Waals surface area contributed by atoms with Crippen LogP contribution in [0, 0.1) is 0 Å². The van der Waals surface area contributed by atoms with Gasteiger partial charge in [0.2, 0.25) is 5.91 Å². The van der Waals surface area contributed by atoms with Gasteiger partial charge in [-0.15, -0.1) is 11.3 Å². The summed E-state index contributed by atoms with van der Waals surface area (Å²) in [5.74, 6) is -0.228. The van der Waals surface area contributed by atoms with Crippen LogP contribution < -0.4 is 0 Å². The molecule has 0 aromatic carbocycles. The van der Waals surface area contributed by atoms with E-state index in [1.165, 1.54) is 16.7 Å². The Labute approximate surface area is 189 Å². The van der Waals surface area contributed by atoms with Crippen LogP contribution >= 0.6 is 35.3 Å². The SMILES string of the molecule is O=C(CN1C(=O)/C(=C/c2cccs2)SC1=S)N1CCN(CCc2ccccn2)CC1. The van der Waals surface area contributed by atoms with E-state index in [0.29, 0.717) is 22.3 Å². The van der Waals surface area contributed by atoms with Crippen LogP contribution in [0.1, 0.15) is 10.6 Å². The average Bonchev–Trinajstić information content (AvgIpc) is 3.37. The molecule has 156 valence electrons. The molecular formula is C21H22N4O2S3. The molecule has 30 heavy (non-hydrogen) atoms. The highest BCUT2D eigenvalue weighted by molar-refractivity contribution is 8.26. The summed E-state index contributed by atoms with van der Waals surface area (Å²) in [5, 5.41) is 1.96. The predicted octanol–water partition coefficient (Wildman–Crippen LogP) is 2.73. The fourth-order valence-corrected chi connectivity index (χ4v) is 5.39. The van der Waals surface area contributed by atoms with Crippen molar-refractivity contribution < 1.29 is 9.59 Å². The predicted molar refractivity (Wildman–Crippen MR) is 125 cm³/mol. The van der Waals surface area contributed by atoms with E-state index in [1.54, 1.807) is 11.3 Å². The largest absolute Gasteiger partial charge is 0.339 e. The summed E-state index contributed by atoms with van der Waals surface area (Å²) >= 11 is 8.19. The number of carbonyl (C=O) groups is 2. The molecule has 2 fully saturated rings. The molecule has 2 aromatic rings. The lowest BCUT2D eigenvalue weighted by Gasteiger charge is -2.35. The van der Waals surface area contributed by atoms with Gasteiger partial charge < -0.3 is 4.90 Å². The third-order valence-corrected chi connectivity index (χ3v) is 7.32. The van der Waals surface area contributed by atoms with Crippen molar-refractivity contribution in [3.63, 3.8) is 0 Å². The molecule has 2 aliphatic heterocycles. The van der Waals surface area contributed by atoms with E-state index in [-0.39, 0.29) is 18.4 Å². The molecule has 2 saturated heterocycles. The Hall–Kier alpha value is -2.07. The van der Waals surface area contributed by atoms with Crippen LogP contribution in [-0.2, 0) is 16.0 Å². The van der Waals surface area contributed by atoms with Crippen LogP contribution in [0.4, 0.5) is 0 Å². The van der Waals surface area contributed by atoms with Gasteiger partial charge in [-0.1, -0.05) is 36.1 Å². The lowest BCUT2D eigenvalue weighted by Crippen LogP contribution is -2.51. The Bertz CT molecular complexity index is 938. The van der Waals surface area contributed by atoms with E-state index >= 15 is 0 Å².